The van der Waals surface area contributed by atoms with Gasteiger partial charge in [0, 0.05) is 24.7 Å². The predicted octanol–water partition coefficient (Wildman–Crippen LogP) is 4.42. The molecule has 2 atom stereocenters. The molecule has 1 aromatic carbocycles. The molecule has 3 rings (SSSR count). The number of hydrogen-bond acceptors (Lipinski definition) is 4. The first kappa shape index (κ1) is 15.8. The second-order valence-electron chi connectivity index (χ2n) is 6.29. The van der Waals surface area contributed by atoms with Crippen LogP contribution < -0.4 is 10.2 Å². The Morgan fingerprint density at radius 1 is 1.22 bits per heavy atom. The molecule has 0 bridgehead atoms. The van der Waals surface area contributed by atoms with Crippen LogP contribution in [0, 0.1) is 0 Å². The Labute approximate surface area is 139 Å². The van der Waals surface area contributed by atoms with E-state index in [-0.39, 0.29) is 6.04 Å². The second-order valence-corrected chi connectivity index (χ2v) is 6.29. The highest BCUT2D eigenvalue weighted by Gasteiger charge is 2.22. The highest BCUT2D eigenvalue weighted by atomic mass is 15.2. The van der Waals surface area contributed by atoms with Gasteiger partial charge in [-0.3, -0.25) is 0 Å². The molecule has 2 unspecified atom stereocenters. The van der Waals surface area contributed by atoms with E-state index >= 15 is 0 Å². The summed E-state index contributed by atoms with van der Waals surface area (Å²) < 4.78 is 0. The van der Waals surface area contributed by atoms with E-state index in [4.69, 9.17) is 0 Å². The minimum absolute atomic E-state index is 0.224. The Balaban J connectivity index is 1.74. The molecule has 0 amide bonds. The van der Waals surface area contributed by atoms with E-state index in [0.29, 0.717) is 6.04 Å². The van der Waals surface area contributed by atoms with Gasteiger partial charge in [0.2, 0.25) is 0 Å². The van der Waals surface area contributed by atoms with Gasteiger partial charge in [0.15, 0.2) is 0 Å². The Bertz CT molecular complexity index is 614. The number of hydrogen-bond donors (Lipinski definition) is 1. The minimum Gasteiger partial charge on any atom is -0.363 e. The van der Waals surface area contributed by atoms with E-state index in [9.17, 15) is 0 Å². The highest BCUT2D eigenvalue weighted by molar-refractivity contribution is 5.50. The summed E-state index contributed by atoms with van der Waals surface area (Å²) in [5.74, 6) is 1.95. The van der Waals surface area contributed by atoms with Crippen LogP contribution in [0.15, 0.2) is 42.7 Å². The van der Waals surface area contributed by atoms with Crippen LogP contribution in [0.2, 0.25) is 0 Å². The monoisotopic (exact) mass is 310 g/mol. The lowest BCUT2D eigenvalue weighted by atomic mass is 10.00. The van der Waals surface area contributed by atoms with Crippen molar-refractivity contribution in [3.05, 3.63) is 48.3 Å². The third-order valence-corrected chi connectivity index (χ3v) is 4.71. The Hall–Kier alpha value is -2.10. The van der Waals surface area contributed by atoms with Gasteiger partial charge in [0.25, 0.3) is 0 Å². The Kier molecular flexibility index (Phi) is 5.11. The van der Waals surface area contributed by atoms with Crippen LogP contribution in [0.25, 0.3) is 0 Å². The van der Waals surface area contributed by atoms with E-state index in [0.717, 1.165) is 18.2 Å². The lowest BCUT2D eigenvalue weighted by Gasteiger charge is -2.36. The van der Waals surface area contributed by atoms with Gasteiger partial charge in [-0.15, -0.1) is 0 Å². The van der Waals surface area contributed by atoms with E-state index in [2.05, 4.69) is 64.4 Å². The molecule has 23 heavy (non-hydrogen) atoms. The number of benzene rings is 1. The van der Waals surface area contributed by atoms with Gasteiger partial charge in [-0.25, -0.2) is 9.97 Å². The van der Waals surface area contributed by atoms with Crippen molar-refractivity contribution in [1.29, 1.82) is 0 Å². The predicted molar refractivity (Wildman–Crippen MR) is 95.8 cm³/mol. The van der Waals surface area contributed by atoms with Crippen LogP contribution in [0.4, 0.5) is 11.6 Å². The van der Waals surface area contributed by atoms with Gasteiger partial charge >= 0.3 is 0 Å². The Morgan fingerprint density at radius 2 is 2.04 bits per heavy atom. The van der Waals surface area contributed by atoms with E-state index in [1.165, 1.54) is 31.2 Å². The molecule has 1 aliphatic heterocycles. The van der Waals surface area contributed by atoms with Crippen molar-refractivity contribution in [1.82, 2.24) is 9.97 Å². The topological polar surface area (TPSA) is 41.0 Å². The molecule has 0 spiro atoms. The van der Waals surface area contributed by atoms with Gasteiger partial charge < -0.3 is 10.2 Å². The van der Waals surface area contributed by atoms with Gasteiger partial charge in [0.05, 0.1) is 0 Å². The number of nitrogens with zero attached hydrogens (tertiary/aromatic N) is 3. The SMILES string of the molecule is CCC1CCCCN1c1cc(NC(C)c2ccccc2)ncn1. The summed E-state index contributed by atoms with van der Waals surface area (Å²) >= 11 is 0. The molecule has 1 aliphatic rings. The number of anilines is 2. The highest BCUT2D eigenvalue weighted by Crippen LogP contribution is 2.26. The summed E-state index contributed by atoms with van der Waals surface area (Å²) in [6, 6.07) is 13.4. The maximum absolute atomic E-state index is 4.52. The first-order valence-corrected chi connectivity index (χ1v) is 8.68. The molecule has 2 heterocycles. The van der Waals surface area contributed by atoms with Crippen molar-refractivity contribution in [2.24, 2.45) is 0 Å². The number of rotatable bonds is 5. The average Bonchev–Trinajstić information content (AvgIpc) is 2.62. The first-order valence-electron chi connectivity index (χ1n) is 8.68. The fourth-order valence-electron chi connectivity index (χ4n) is 3.36. The zero-order valence-corrected chi connectivity index (χ0v) is 14.1. The van der Waals surface area contributed by atoms with E-state index in [1.807, 2.05) is 6.07 Å². The molecule has 0 radical (unpaired) electrons. The zero-order chi connectivity index (χ0) is 16.1. The standard InChI is InChI=1S/C19H26N4/c1-3-17-11-7-8-12-23(17)19-13-18(20-14-21-19)22-15(2)16-9-5-4-6-10-16/h4-6,9-10,13-15,17H,3,7-8,11-12H2,1-2H3,(H,20,21,22). The van der Waals surface area contributed by atoms with Gasteiger partial charge in [-0.05, 0) is 38.2 Å². The van der Waals surface area contributed by atoms with Crippen molar-refractivity contribution in [2.75, 3.05) is 16.8 Å². The third-order valence-electron chi connectivity index (χ3n) is 4.71. The van der Waals surface area contributed by atoms with Crippen LogP contribution >= 0.6 is 0 Å². The molecule has 4 nitrogen and oxygen atoms in total. The molecular formula is C19H26N4. The largest absolute Gasteiger partial charge is 0.363 e. The smallest absolute Gasteiger partial charge is 0.134 e. The molecule has 4 heteroatoms. The van der Waals surface area contributed by atoms with Crippen LogP contribution in [0.3, 0.4) is 0 Å². The minimum atomic E-state index is 0.224. The summed E-state index contributed by atoms with van der Waals surface area (Å²) in [6.07, 6.45) is 6.70. The van der Waals surface area contributed by atoms with Crippen molar-refractivity contribution >= 4 is 11.6 Å². The molecule has 2 aromatic rings. The van der Waals surface area contributed by atoms with Crippen molar-refractivity contribution in [3.63, 3.8) is 0 Å². The van der Waals surface area contributed by atoms with Crippen molar-refractivity contribution in [2.45, 2.75) is 51.6 Å². The lowest BCUT2D eigenvalue weighted by molar-refractivity contribution is 0.446. The average molecular weight is 310 g/mol. The van der Waals surface area contributed by atoms with Crippen molar-refractivity contribution < 1.29 is 0 Å². The maximum Gasteiger partial charge on any atom is 0.134 e. The summed E-state index contributed by atoms with van der Waals surface area (Å²) in [5.41, 5.74) is 1.26. The molecule has 0 saturated carbocycles. The fraction of sp³-hybridized carbons (Fsp3) is 0.474. The normalized spacial score (nSPS) is 19.4. The lowest BCUT2D eigenvalue weighted by Crippen LogP contribution is -2.39. The number of nitrogens with one attached hydrogen (secondary N) is 1. The van der Waals surface area contributed by atoms with E-state index in [1.54, 1.807) is 6.33 Å². The van der Waals surface area contributed by atoms with Gasteiger partial charge in [0.1, 0.15) is 18.0 Å². The molecule has 1 fully saturated rings. The molecule has 1 saturated heterocycles. The molecular weight excluding hydrogens is 284 g/mol. The molecule has 1 aromatic heterocycles. The summed E-state index contributed by atoms with van der Waals surface area (Å²) in [4.78, 5) is 11.4. The maximum atomic E-state index is 4.52. The molecule has 122 valence electrons. The summed E-state index contributed by atoms with van der Waals surface area (Å²) in [5, 5.41) is 3.49. The van der Waals surface area contributed by atoms with Crippen LogP contribution in [0.1, 0.15) is 51.1 Å². The number of aromatic nitrogens is 2. The van der Waals surface area contributed by atoms with Crippen LogP contribution in [0.5, 0.6) is 0 Å². The summed E-state index contributed by atoms with van der Waals surface area (Å²) in [6.45, 7) is 5.52. The molecule has 1 N–H and O–H groups in total. The van der Waals surface area contributed by atoms with Crippen molar-refractivity contribution in [3.8, 4) is 0 Å². The third kappa shape index (κ3) is 3.81. The van der Waals surface area contributed by atoms with Crippen LogP contribution in [-0.4, -0.2) is 22.6 Å². The van der Waals surface area contributed by atoms with Crippen LogP contribution in [-0.2, 0) is 0 Å². The van der Waals surface area contributed by atoms with E-state index < -0.39 is 0 Å². The molecule has 0 aliphatic carbocycles. The second kappa shape index (κ2) is 7.44. The summed E-state index contributed by atoms with van der Waals surface area (Å²) in [7, 11) is 0. The quantitative estimate of drug-likeness (QED) is 0.887. The fourth-order valence-corrected chi connectivity index (χ4v) is 3.36. The van der Waals surface area contributed by atoms with Gasteiger partial charge in [-0.2, -0.15) is 0 Å². The number of piperidine rings is 1. The Morgan fingerprint density at radius 3 is 2.83 bits per heavy atom. The van der Waals surface area contributed by atoms with Gasteiger partial charge in [-0.1, -0.05) is 37.3 Å². The first-order chi connectivity index (χ1) is 11.3. The zero-order valence-electron chi connectivity index (χ0n) is 14.1.